The van der Waals surface area contributed by atoms with Crippen LogP contribution in [0, 0.1) is 0 Å². The van der Waals surface area contributed by atoms with Crippen LogP contribution < -0.4 is 15.9 Å². The molecule has 0 saturated carbocycles. The van der Waals surface area contributed by atoms with Crippen molar-refractivity contribution in [1.82, 2.24) is 30.7 Å². The molecule has 0 aliphatic rings. The predicted octanol–water partition coefficient (Wildman–Crippen LogP) is 1.52. The Morgan fingerprint density at radius 2 is 2.14 bits per heavy atom. The largest absolute Gasteiger partial charge is 0.497 e. The van der Waals surface area contributed by atoms with Gasteiger partial charge in [-0.2, -0.15) is 9.78 Å². The summed E-state index contributed by atoms with van der Waals surface area (Å²) in [5.74, 6) is 0.307. The molecule has 0 aliphatic carbocycles. The second kappa shape index (κ2) is 7.86. The van der Waals surface area contributed by atoms with Crippen LogP contribution in [-0.2, 0) is 0 Å². The quantitative estimate of drug-likeness (QED) is 0.480. The minimum atomic E-state index is -0.507. The van der Waals surface area contributed by atoms with Crippen LogP contribution in [0.2, 0.25) is 0 Å². The van der Waals surface area contributed by atoms with Crippen LogP contribution in [0.4, 0.5) is 5.82 Å². The maximum Gasteiger partial charge on any atom is 0.293 e. The van der Waals surface area contributed by atoms with E-state index in [4.69, 9.17) is 10.5 Å². The average Bonchev–Trinajstić information content (AvgIpc) is 3.31. The first-order valence-corrected chi connectivity index (χ1v) is 8.45. The van der Waals surface area contributed by atoms with E-state index in [0.29, 0.717) is 17.2 Å². The molecule has 0 unspecified atom stereocenters. The first-order chi connectivity index (χ1) is 13.4. The predicted molar refractivity (Wildman–Crippen MR) is 100 cm³/mol. The number of aromatic nitrogens is 5. The van der Waals surface area contributed by atoms with Crippen molar-refractivity contribution in [2.45, 2.75) is 26.7 Å². The number of rotatable bonds is 6. The molecule has 146 valence electrons. The number of carbonyl (C=O) groups excluding carboxylic acids is 1. The lowest BCUT2D eigenvalue weighted by Crippen LogP contribution is -2.22. The highest BCUT2D eigenvalue weighted by atomic mass is 16.6. The van der Waals surface area contributed by atoms with Gasteiger partial charge >= 0.3 is 0 Å². The standard InChI is InChI=1S/C17H20N8O3/c1-9(2)14-13(20-24-25(14)16-15(18)22-28-23-16)17(26)21-19-10(3)11-6-5-7-12(8-11)27-4/h5-9H,1-4H3,(H2,18,22)(H,21,26). The van der Waals surface area contributed by atoms with E-state index < -0.39 is 5.91 Å². The van der Waals surface area contributed by atoms with E-state index in [2.05, 4.69) is 35.8 Å². The van der Waals surface area contributed by atoms with Gasteiger partial charge in [0.1, 0.15) is 5.75 Å². The number of methoxy groups -OCH3 is 1. The third-order valence-corrected chi connectivity index (χ3v) is 3.98. The summed E-state index contributed by atoms with van der Waals surface area (Å²) >= 11 is 0. The molecule has 3 N–H and O–H groups in total. The number of benzene rings is 1. The minimum Gasteiger partial charge on any atom is -0.497 e. The molecule has 0 bridgehead atoms. The van der Waals surface area contributed by atoms with Crippen molar-refractivity contribution in [3.8, 4) is 11.6 Å². The smallest absolute Gasteiger partial charge is 0.293 e. The lowest BCUT2D eigenvalue weighted by Gasteiger charge is -2.08. The maximum atomic E-state index is 12.6. The van der Waals surface area contributed by atoms with Crippen LogP contribution in [0.25, 0.3) is 5.82 Å². The molecule has 2 aromatic heterocycles. The first-order valence-electron chi connectivity index (χ1n) is 8.45. The van der Waals surface area contributed by atoms with Crippen molar-refractivity contribution in [3.05, 3.63) is 41.2 Å². The third-order valence-electron chi connectivity index (χ3n) is 3.98. The van der Waals surface area contributed by atoms with Gasteiger partial charge in [0, 0.05) is 5.56 Å². The number of hydrogen-bond donors (Lipinski definition) is 2. The van der Waals surface area contributed by atoms with Crippen molar-refractivity contribution in [2.75, 3.05) is 12.8 Å². The van der Waals surface area contributed by atoms with Crippen molar-refractivity contribution in [1.29, 1.82) is 0 Å². The number of nitrogens with zero attached hydrogens (tertiary/aromatic N) is 6. The number of hydrogen-bond acceptors (Lipinski definition) is 9. The second-order valence-corrected chi connectivity index (χ2v) is 6.23. The molecule has 3 aromatic rings. The Balaban J connectivity index is 1.86. The van der Waals surface area contributed by atoms with Gasteiger partial charge in [0.15, 0.2) is 5.69 Å². The second-order valence-electron chi connectivity index (χ2n) is 6.23. The molecule has 0 spiro atoms. The topological polar surface area (TPSA) is 146 Å². The summed E-state index contributed by atoms with van der Waals surface area (Å²) in [6, 6.07) is 7.35. The lowest BCUT2D eigenvalue weighted by atomic mass is 10.1. The van der Waals surface area contributed by atoms with E-state index in [9.17, 15) is 4.79 Å². The zero-order chi connectivity index (χ0) is 20.3. The summed E-state index contributed by atoms with van der Waals surface area (Å²) in [7, 11) is 1.58. The number of hydrazone groups is 1. The van der Waals surface area contributed by atoms with Gasteiger partial charge in [-0.05, 0) is 35.3 Å². The number of carbonyl (C=O) groups is 1. The van der Waals surface area contributed by atoms with Gasteiger partial charge in [-0.1, -0.05) is 31.2 Å². The Kier molecular flexibility index (Phi) is 5.34. The fourth-order valence-corrected chi connectivity index (χ4v) is 2.56. The molecule has 0 fully saturated rings. The van der Waals surface area contributed by atoms with Crippen LogP contribution in [0.1, 0.15) is 48.4 Å². The summed E-state index contributed by atoms with van der Waals surface area (Å²) in [4.78, 5) is 12.6. The fraction of sp³-hybridized carbons (Fsp3) is 0.294. The summed E-state index contributed by atoms with van der Waals surface area (Å²) in [5.41, 5.74) is 10.3. The first kappa shape index (κ1) is 19.0. The van der Waals surface area contributed by atoms with E-state index in [-0.39, 0.29) is 23.2 Å². The molecule has 28 heavy (non-hydrogen) atoms. The van der Waals surface area contributed by atoms with Crippen LogP contribution in [0.5, 0.6) is 5.75 Å². The molecule has 11 nitrogen and oxygen atoms in total. The number of ether oxygens (including phenoxy) is 1. The number of amides is 1. The highest BCUT2D eigenvalue weighted by molar-refractivity contribution is 6.01. The SMILES string of the molecule is COc1cccc(C(C)=NNC(=O)c2nnn(-c3nonc3N)c2C(C)C)c1. The van der Waals surface area contributed by atoms with Crippen LogP contribution in [-0.4, -0.2) is 44.0 Å². The molecule has 2 heterocycles. The van der Waals surface area contributed by atoms with E-state index in [1.54, 1.807) is 14.0 Å². The summed E-state index contributed by atoms with van der Waals surface area (Å²) in [5, 5.41) is 19.3. The Hall–Kier alpha value is -3.76. The van der Waals surface area contributed by atoms with Crippen molar-refractivity contribution in [2.24, 2.45) is 5.10 Å². The third kappa shape index (κ3) is 3.68. The van der Waals surface area contributed by atoms with E-state index in [1.165, 1.54) is 4.68 Å². The minimum absolute atomic E-state index is 0.0469. The number of nitrogens with one attached hydrogen (secondary N) is 1. The zero-order valence-electron chi connectivity index (χ0n) is 15.9. The van der Waals surface area contributed by atoms with Crippen LogP contribution in [0.15, 0.2) is 34.0 Å². The number of anilines is 1. The summed E-state index contributed by atoms with van der Waals surface area (Å²) in [6.07, 6.45) is 0. The van der Waals surface area contributed by atoms with Crippen molar-refractivity contribution in [3.63, 3.8) is 0 Å². The van der Waals surface area contributed by atoms with Gasteiger partial charge in [-0.15, -0.1) is 5.10 Å². The van der Waals surface area contributed by atoms with Gasteiger partial charge in [0.25, 0.3) is 5.91 Å². The molecule has 1 amide bonds. The molecular weight excluding hydrogens is 364 g/mol. The molecule has 0 saturated heterocycles. The van der Waals surface area contributed by atoms with Crippen molar-refractivity contribution < 1.29 is 14.2 Å². The molecule has 11 heteroatoms. The molecule has 3 rings (SSSR count). The van der Waals surface area contributed by atoms with E-state index in [0.717, 1.165) is 5.56 Å². The summed E-state index contributed by atoms with van der Waals surface area (Å²) in [6.45, 7) is 5.55. The lowest BCUT2D eigenvalue weighted by molar-refractivity contribution is 0.0948. The average molecular weight is 384 g/mol. The van der Waals surface area contributed by atoms with Gasteiger partial charge in [0.05, 0.1) is 18.5 Å². The molecular formula is C17H20N8O3. The Labute approximate surface area is 160 Å². The Bertz CT molecular complexity index is 1020. The summed E-state index contributed by atoms with van der Waals surface area (Å²) < 4.78 is 11.1. The van der Waals surface area contributed by atoms with E-state index in [1.807, 2.05) is 38.1 Å². The highest BCUT2D eigenvalue weighted by Crippen LogP contribution is 2.22. The normalized spacial score (nSPS) is 11.7. The maximum absolute atomic E-state index is 12.6. The zero-order valence-corrected chi connectivity index (χ0v) is 15.9. The Morgan fingerprint density at radius 1 is 1.36 bits per heavy atom. The highest BCUT2D eigenvalue weighted by Gasteiger charge is 2.25. The van der Waals surface area contributed by atoms with Gasteiger partial charge in [-0.25, -0.2) is 10.1 Å². The Morgan fingerprint density at radius 3 is 2.79 bits per heavy atom. The van der Waals surface area contributed by atoms with Crippen LogP contribution in [0.3, 0.4) is 0 Å². The molecule has 0 atom stereocenters. The molecule has 0 radical (unpaired) electrons. The molecule has 1 aromatic carbocycles. The van der Waals surface area contributed by atoms with Crippen molar-refractivity contribution >= 4 is 17.4 Å². The van der Waals surface area contributed by atoms with Gasteiger partial charge in [-0.3, -0.25) is 4.79 Å². The number of nitrogen functional groups attached to an aromatic ring is 1. The monoisotopic (exact) mass is 384 g/mol. The van der Waals surface area contributed by atoms with Gasteiger partial charge < -0.3 is 10.5 Å². The van der Waals surface area contributed by atoms with Crippen LogP contribution >= 0.6 is 0 Å². The molecule has 0 aliphatic heterocycles. The number of nitrogens with two attached hydrogens (primary N) is 1. The van der Waals surface area contributed by atoms with E-state index >= 15 is 0 Å². The van der Waals surface area contributed by atoms with Gasteiger partial charge in [0.2, 0.25) is 11.6 Å². The fourth-order valence-electron chi connectivity index (χ4n) is 2.56.